The zero-order valence-corrected chi connectivity index (χ0v) is 16.2. The molecule has 1 N–H and O–H groups in total. The van der Waals surface area contributed by atoms with E-state index in [1.165, 1.54) is 83.1 Å². The molecule has 0 atom stereocenters. The lowest BCUT2D eigenvalue weighted by molar-refractivity contribution is -0.123. The first-order valence-electron chi connectivity index (χ1n) is 10.4. The third-order valence-corrected chi connectivity index (χ3v) is 4.79. The second-order valence-corrected chi connectivity index (χ2v) is 7.18. The van der Waals surface area contributed by atoms with Gasteiger partial charge in [-0.15, -0.1) is 0 Å². The van der Waals surface area contributed by atoms with Crippen molar-refractivity contribution in [3.63, 3.8) is 0 Å². The molecule has 0 saturated carbocycles. The van der Waals surface area contributed by atoms with Gasteiger partial charge in [0, 0.05) is 11.6 Å². The molecule has 0 saturated heterocycles. The highest BCUT2D eigenvalue weighted by molar-refractivity contribution is 6.16. The maximum Gasteiger partial charge on any atom is 0.254 e. The van der Waals surface area contributed by atoms with E-state index in [1.807, 2.05) is 0 Å². The highest BCUT2D eigenvalue weighted by Gasteiger charge is 2.19. The topological polar surface area (TPSA) is 46.2 Å². The van der Waals surface area contributed by atoms with E-state index in [-0.39, 0.29) is 11.8 Å². The van der Waals surface area contributed by atoms with Crippen LogP contribution in [0.5, 0.6) is 0 Å². The van der Waals surface area contributed by atoms with E-state index < -0.39 is 0 Å². The number of allylic oxidation sites excluding steroid dienone is 2. The molecule has 0 aliphatic carbocycles. The molecule has 0 bridgehead atoms. The number of amides is 2. The third kappa shape index (κ3) is 11.7. The van der Waals surface area contributed by atoms with Gasteiger partial charge in [-0.3, -0.25) is 14.9 Å². The maximum atomic E-state index is 11.4. The predicted octanol–water partition coefficient (Wildman–Crippen LogP) is 6.00. The van der Waals surface area contributed by atoms with E-state index in [0.29, 0.717) is 5.57 Å². The SMILES string of the molecule is CCCCCCCCC=CCCCCCCCCC1=CC(=O)NC1=O. The summed E-state index contributed by atoms with van der Waals surface area (Å²) in [5.41, 5.74) is 0.653. The van der Waals surface area contributed by atoms with Crippen molar-refractivity contribution in [2.45, 2.75) is 103 Å². The van der Waals surface area contributed by atoms with Crippen molar-refractivity contribution in [2.24, 2.45) is 0 Å². The molecule has 0 radical (unpaired) electrons. The fraction of sp³-hybridized carbons (Fsp3) is 0.727. The first-order valence-corrected chi connectivity index (χ1v) is 10.4. The normalized spacial score (nSPS) is 14.4. The van der Waals surface area contributed by atoms with Crippen LogP contribution in [0.1, 0.15) is 103 Å². The molecule has 0 unspecified atom stereocenters. The Hall–Kier alpha value is -1.38. The minimum atomic E-state index is -0.260. The first-order chi connectivity index (χ1) is 12.2. The van der Waals surface area contributed by atoms with Crippen LogP contribution in [0.25, 0.3) is 0 Å². The Bertz CT molecular complexity index is 437. The van der Waals surface area contributed by atoms with E-state index in [1.54, 1.807) is 0 Å². The Morgan fingerprint density at radius 2 is 1.28 bits per heavy atom. The summed E-state index contributed by atoms with van der Waals surface area (Å²) >= 11 is 0. The molecule has 0 aromatic heterocycles. The Kier molecular flexibility index (Phi) is 12.9. The Labute approximate surface area is 154 Å². The van der Waals surface area contributed by atoms with Crippen molar-refractivity contribution in [1.82, 2.24) is 5.32 Å². The van der Waals surface area contributed by atoms with E-state index in [0.717, 1.165) is 19.3 Å². The van der Waals surface area contributed by atoms with Gasteiger partial charge < -0.3 is 0 Å². The Morgan fingerprint density at radius 1 is 0.760 bits per heavy atom. The standard InChI is InChI=1S/C22H37NO2/c1-2-3-4-5-6-7-8-9-10-11-12-13-14-15-16-17-18-20-19-21(24)23-22(20)25/h9-10,19H,2-8,11-18H2,1H3,(H,23,24,25). The lowest BCUT2D eigenvalue weighted by atomic mass is 10.0. The third-order valence-electron chi connectivity index (χ3n) is 4.79. The van der Waals surface area contributed by atoms with Gasteiger partial charge in [0.15, 0.2) is 0 Å². The van der Waals surface area contributed by atoms with Crippen LogP contribution in [0.15, 0.2) is 23.8 Å². The number of carbonyl (C=O) groups excluding carboxylic acids is 2. The number of unbranched alkanes of at least 4 members (excludes halogenated alkanes) is 12. The highest BCUT2D eigenvalue weighted by atomic mass is 16.2. The summed E-state index contributed by atoms with van der Waals surface area (Å²) in [4.78, 5) is 22.4. The Morgan fingerprint density at radius 3 is 1.80 bits per heavy atom. The number of nitrogens with one attached hydrogen (secondary N) is 1. The fourth-order valence-corrected chi connectivity index (χ4v) is 3.20. The smallest absolute Gasteiger partial charge is 0.254 e. The lowest BCUT2D eigenvalue weighted by Gasteiger charge is -2.01. The monoisotopic (exact) mass is 347 g/mol. The average molecular weight is 348 g/mol. The van der Waals surface area contributed by atoms with E-state index in [2.05, 4.69) is 24.4 Å². The van der Waals surface area contributed by atoms with Gasteiger partial charge in [-0.25, -0.2) is 0 Å². The van der Waals surface area contributed by atoms with Crippen LogP contribution < -0.4 is 5.32 Å². The van der Waals surface area contributed by atoms with Crippen molar-refractivity contribution in [2.75, 3.05) is 0 Å². The second-order valence-electron chi connectivity index (χ2n) is 7.18. The fourth-order valence-electron chi connectivity index (χ4n) is 3.20. The summed E-state index contributed by atoms with van der Waals surface area (Å²) < 4.78 is 0. The largest absolute Gasteiger partial charge is 0.289 e. The molecular weight excluding hydrogens is 310 g/mol. The van der Waals surface area contributed by atoms with Gasteiger partial charge in [0.2, 0.25) is 0 Å². The Balaban J connectivity index is 1.80. The van der Waals surface area contributed by atoms with Gasteiger partial charge in [-0.1, -0.05) is 76.9 Å². The second kappa shape index (κ2) is 14.9. The molecule has 25 heavy (non-hydrogen) atoms. The minimum Gasteiger partial charge on any atom is -0.289 e. The zero-order chi connectivity index (χ0) is 18.2. The first kappa shape index (κ1) is 21.7. The van der Waals surface area contributed by atoms with Crippen LogP contribution in [0.2, 0.25) is 0 Å². The van der Waals surface area contributed by atoms with Crippen LogP contribution in [0, 0.1) is 0 Å². The quantitative estimate of drug-likeness (QED) is 0.211. The van der Waals surface area contributed by atoms with Crippen LogP contribution in [0.3, 0.4) is 0 Å². The molecule has 0 fully saturated rings. The number of imide groups is 1. The molecule has 0 aromatic rings. The number of hydrogen-bond acceptors (Lipinski definition) is 2. The summed E-state index contributed by atoms with van der Waals surface area (Å²) in [6, 6.07) is 0. The van der Waals surface area contributed by atoms with Crippen LogP contribution in [0.4, 0.5) is 0 Å². The van der Waals surface area contributed by atoms with Gasteiger partial charge >= 0.3 is 0 Å². The number of carbonyl (C=O) groups is 2. The zero-order valence-electron chi connectivity index (χ0n) is 16.2. The van der Waals surface area contributed by atoms with Gasteiger partial charge in [0.1, 0.15) is 0 Å². The molecule has 0 spiro atoms. The maximum absolute atomic E-state index is 11.4. The van der Waals surface area contributed by atoms with Crippen molar-refractivity contribution in [1.29, 1.82) is 0 Å². The molecule has 3 heteroatoms. The number of rotatable bonds is 16. The summed E-state index contributed by atoms with van der Waals surface area (Å²) in [6.07, 6.45) is 24.9. The number of hydrogen-bond donors (Lipinski definition) is 1. The van der Waals surface area contributed by atoms with Crippen molar-refractivity contribution in [3.05, 3.63) is 23.8 Å². The summed E-state index contributed by atoms with van der Waals surface area (Å²) in [5, 5.41) is 2.29. The molecule has 0 aromatic carbocycles. The molecule has 3 nitrogen and oxygen atoms in total. The minimum absolute atomic E-state index is 0.197. The van der Waals surface area contributed by atoms with E-state index in [4.69, 9.17) is 0 Å². The highest BCUT2D eigenvalue weighted by Crippen LogP contribution is 2.15. The van der Waals surface area contributed by atoms with Gasteiger partial charge in [-0.2, -0.15) is 0 Å². The van der Waals surface area contributed by atoms with Crippen molar-refractivity contribution in [3.8, 4) is 0 Å². The molecule has 1 heterocycles. The van der Waals surface area contributed by atoms with Gasteiger partial charge in [0.25, 0.3) is 11.8 Å². The van der Waals surface area contributed by atoms with Gasteiger partial charge in [0.05, 0.1) is 0 Å². The van der Waals surface area contributed by atoms with Gasteiger partial charge in [-0.05, 0) is 38.5 Å². The summed E-state index contributed by atoms with van der Waals surface area (Å²) in [6.45, 7) is 2.26. The van der Waals surface area contributed by atoms with Crippen LogP contribution in [-0.4, -0.2) is 11.8 Å². The molecule has 142 valence electrons. The molecule has 2 amide bonds. The van der Waals surface area contributed by atoms with E-state index >= 15 is 0 Å². The molecular formula is C22H37NO2. The summed E-state index contributed by atoms with van der Waals surface area (Å²) in [7, 11) is 0. The van der Waals surface area contributed by atoms with Crippen molar-refractivity contribution < 1.29 is 9.59 Å². The lowest BCUT2D eigenvalue weighted by Crippen LogP contribution is -2.22. The van der Waals surface area contributed by atoms with Crippen LogP contribution in [-0.2, 0) is 9.59 Å². The predicted molar refractivity (Wildman–Crippen MR) is 105 cm³/mol. The van der Waals surface area contributed by atoms with Crippen LogP contribution >= 0.6 is 0 Å². The summed E-state index contributed by atoms with van der Waals surface area (Å²) in [5.74, 6) is -0.456. The molecule has 1 aliphatic rings. The molecule has 1 aliphatic heterocycles. The average Bonchev–Trinajstić information content (AvgIpc) is 2.92. The molecule has 1 rings (SSSR count). The van der Waals surface area contributed by atoms with Crippen molar-refractivity contribution >= 4 is 11.8 Å². The van der Waals surface area contributed by atoms with E-state index in [9.17, 15) is 9.59 Å².